The molecule has 1 aromatic rings. The van der Waals surface area contributed by atoms with Crippen LogP contribution < -0.4 is 4.74 Å². The zero-order valence-electron chi connectivity index (χ0n) is 11.3. The Labute approximate surface area is 120 Å². The van der Waals surface area contributed by atoms with Crippen LogP contribution in [0.4, 0.5) is 35.1 Å². The molecular formula is C13H10F8O. The van der Waals surface area contributed by atoms with Gasteiger partial charge in [-0.3, -0.25) is 0 Å². The summed E-state index contributed by atoms with van der Waals surface area (Å²) in [6, 6.07) is 1.07. The van der Waals surface area contributed by atoms with Crippen LogP contribution >= 0.6 is 0 Å². The van der Waals surface area contributed by atoms with Gasteiger partial charge >= 0.3 is 12.4 Å². The Kier molecular flexibility index (Phi) is 4.51. The van der Waals surface area contributed by atoms with Crippen molar-refractivity contribution in [2.75, 3.05) is 0 Å². The zero-order chi connectivity index (χ0) is 17.5. The van der Waals surface area contributed by atoms with Gasteiger partial charge in [0.1, 0.15) is 0 Å². The van der Waals surface area contributed by atoms with Crippen molar-refractivity contribution in [1.29, 1.82) is 0 Å². The molecule has 0 aliphatic heterocycles. The molecule has 0 atom stereocenters. The van der Waals surface area contributed by atoms with Gasteiger partial charge in [-0.25, -0.2) is 8.78 Å². The minimum atomic E-state index is -5.93. The second-order valence-electron chi connectivity index (χ2n) is 4.68. The molecule has 0 saturated carbocycles. The first-order valence-electron chi connectivity index (χ1n) is 5.68. The van der Waals surface area contributed by atoms with E-state index in [-0.39, 0.29) is 18.1 Å². The highest BCUT2D eigenvalue weighted by Gasteiger charge is 2.70. The number of hydrogen-bond donors (Lipinski definition) is 0. The van der Waals surface area contributed by atoms with Gasteiger partial charge in [0.05, 0.1) is 0 Å². The lowest BCUT2D eigenvalue weighted by Gasteiger charge is -2.34. The number of halogens is 8. The summed E-state index contributed by atoms with van der Waals surface area (Å²) in [5.41, 5.74) is -4.71. The topological polar surface area (TPSA) is 9.23 Å². The van der Waals surface area contributed by atoms with Crippen LogP contribution in [0.2, 0.25) is 0 Å². The molecule has 22 heavy (non-hydrogen) atoms. The lowest BCUT2D eigenvalue weighted by molar-refractivity contribution is -0.351. The molecule has 0 radical (unpaired) electrons. The SMILES string of the molecule is C=C(C)c1cc(F)c(OC(C)(C(F)(F)F)C(F)(F)F)c(F)c1. The summed E-state index contributed by atoms with van der Waals surface area (Å²) in [6.07, 6.45) is -11.9. The van der Waals surface area contributed by atoms with Gasteiger partial charge in [-0.05, 0) is 31.5 Å². The van der Waals surface area contributed by atoms with Crippen molar-refractivity contribution >= 4 is 5.57 Å². The Morgan fingerprint density at radius 2 is 1.32 bits per heavy atom. The van der Waals surface area contributed by atoms with Gasteiger partial charge in [-0.1, -0.05) is 12.2 Å². The molecule has 1 rings (SSSR count). The molecule has 0 aliphatic carbocycles. The van der Waals surface area contributed by atoms with Gasteiger partial charge in [0.25, 0.3) is 5.60 Å². The zero-order valence-corrected chi connectivity index (χ0v) is 11.3. The van der Waals surface area contributed by atoms with E-state index in [4.69, 9.17) is 0 Å². The average Bonchev–Trinajstić information content (AvgIpc) is 2.30. The van der Waals surface area contributed by atoms with Crippen LogP contribution in [0.1, 0.15) is 19.4 Å². The summed E-state index contributed by atoms with van der Waals surface area (Å²) >= 11 is 0. The fraction of sp³-hybridized carbons (Fsp3) is 0.385. The summed E-state index contributed by atoms with van der Waals surface area (Å²) < 4.78 is 107. The molecule has 0 spiro atoms. The highest BCUT2D eigenvalue weighted by molar-refractivity contribution is 5.62. The third-order valence-electron chi connectivity index (χ3n) is 2.88. The molecule has 1 aromatic carbocycles. The smallest absolute Gasteiger partial charge is 0.437 e. The molecule has 0 aliphatic rings. The highest BCUT2D eigenvalue weighted by Crippen LogP contribution is 2.46. The van der Waals surface area contributed by atoms with Crippen molar-refractivity contribution in [2.24, 2.45) is 0 Å². The fourth-order valence-corrected chi connectivity index (χ4v) is 1.38. The van der Waals surface area contributed by atoms with E-state index in [9.17, 15) is 35.1 Å². The molecule has 0 N–H and O–H groups in total. The third kappa shape index (κ3) is 3.17. The van der Waals surface area contributed by atoms with Gasteiger partial charge < -0.3 is 4.74 Å². The molecule has 9 heteroatoms. The van der Waals surface area contributed by atoms with Gasteiger partial charge in [-0.15, -0.1) is 0 Å². The average molecular weight is 334 g/mol. The summed E-state index contributed by atoms with van der Waals surface area (Å²) in [6.45, 7) is 4.36. The number of alkyl halides is 6. The van der Waals surface area contributed by atoms with Crippen LogP contribution in [0.25, 0.3) is 5.57 Å². The number of ether oxygens (including phenoxy) is 1. The minimum Gasteiger partial charge on any atom is -0.462 e. The predicted octanol–water partition coefficient (Wildman–Crippen LogP) is 5.26. The van der Waals surface area contributed by atoms with E-state index in [1.807, 2.05) is 0 Å². The van der Waals surface area contributed by atoms with Gasteiger partial charge in [-0.2, -0.15) is 26.3 Å². The van der Waals surface area contributed by atoms with Gasteiger partial charge in [0.15, 0.2) is 17.4 Å². The number of benzene rings is 1. The van der Waals surface area contributed by atoms with Crippen molar-refractivity contribution in [3.63, 3.8) is 0 Å². The van der Waals surface area contributed by atoms with Crippen molar-refractivity contribution in [1.82, 2.24) is 0 Å². The Hall–Kier alpha value is -1.80. The van der Waals surface area contributed by atoms with Gasteiger partial charge in [0, 0.05) is 0 Å². The number of rotatable bonds is 3. The lowest BCUT2D eigenvalue weighted by Crippen LogP contribution is -2.58. The maximum Gasteiger partial charge on any atom is 0.437 e. The van der Waals surface area contributed by atoms with E-state index in [2.05, 4.69) is 11.3 Å². The van der Waals surface area contributed by atoms with Crippen LogP contribution in [0.5, 0.6) is 5.75 Å². The molecule has 0 unspecified atom stereocenters. The first-order chi connectivity index (χ1) is 9.70. The summed E-state index contributed by atoms with van der Waals surface area (Å²) in [5.74, 6) is -5.16. The van der Waals surface area contributed by atoms with Crippen LogP contribution in [-0.4, -0.2) is 18.0 Å². The van der Waals surface area contributed by atoms with Crippen LogP contribution in [0.15, 0.2) is 18.7 Å². The second kappa shape index (κ2) is 5.44. The van der Waals surface area contributed by atoms with Crippen LogP contribution in [-0.2, 0) is 0 Å². The van der Waals surface area contributed by atoms with Crippen LogP contribution in [0, 0.1) is 11.6 Å². The minimum absolute atomic E-state index is 0.122. The number of hydrogen-bond acceptors (Lipinski definition) is 1. The highest BCUT2D eigenvalue weighted by atomic mass is 19.4. The van der Waals surface area contributed by atoms with E-state index in [0.717, 1.165) is 0 Å². The monoisotopic (exact) mass is 334 g/mol. The Bertz CT molecular complexity index is 548. The molecule has 0 fully saturated rings. The molecule has 0 aromatic heterocycles. The molecular weight excluding hydrogens is 324 g/mol. The fourth-order valence-electron chi connectivity index (χ4n) is 1.38. The molecule has 0 heterocycles. The molecule has 0 amide bonds. The molecule has 124 valence electrons. The first-order valence-corrected chi connectivity index (χ1v) is 5.68. The summed E-state index contributed by atoms with van der Waals surface area (Å²) in [7, 11) is 0. The summed E-state index contributed by atoms with van der Waals surface area (Å²) in [4.78, 5) is 0. The normalized spacial score (nSPS) is 13.2. The van der Waals surface area contributed by atoms with Crippen molar-refractivity contribution in [2.45, 2.75) is 31.8 Å². The molecule has 0 saturated heterocycles. The van der Waals surface area contributed by atoms with Crippen LogP contribution in [0.3, 0.4) is 0 Å². The molecule has 0 bridgehead atoms. The lowest BCUT2D eigenvalue weighted by atomic mass is 10.0. The number of allylic oxidation sites excluding steroid dienone is 1. The Morgan fingerprint density at radius 1 is 0.955 bits per heavy atom. The van der Waals surface area contributed by atoms with Crippen molar-refractivity contribution in [3.05, 3.63) is 35.9 Å². The molecule has 1 nitrogen and oxygen atoms in total. The third-order valence-corrected chi connectivity index (χ3v) is 2.88. The van der Waals surface area contributed by atoms with E-state index in [1.54, 1.807) is 0 Å². The van der Waals surface area contributed by atoms with E-state index < -0.39 is 35.3 Å². The first kappa shape index (κ1) is 18.2. The largest absolute Gasteiger partial charge is 0.462 e. The second-order valence-corrected chi connectivity index (χ2v) is 4.68. The van der Waals surface area contributed by atoms with E-state index >= 15 is 0 Å². The summed E-state index contributed by atoms with van der Waals surface area (Å²) in [5, 5.41) is 0. The van der Waals surface area contributed by atoms with Crippen molar-refractivity contribution in [3.8, 4) is 5.75 Å². The van der Waals surface area contributed by atoms with Crippen molar-refractivity contribution < 1.29 is 39.9 Å². The van der Waals surface area contributed by atoms with E-state index in [0.29, 0.717) is 12.1 Å². The Morgan fingerprint density at radius 3 is 1.59 bits per heavy atom. The maximum atomic E-state index is 13.6. The van der Waals surface area contributed by atoms with Gasteiger partial charge in [0.2, 0.25) is 0 Å². The maximum absolute atomic E-state index is 13.6. The standard InChI is InChI=1S/C13H10F8O/c1-6(2)7-4-8(14)10(9(15)5-7)22-11(3,12(16,17)18)13(19,20)21/h4-5H,1H2,2-3H3. The van der Waals surface area contributed by atoms with E-state index in [1.165, 1.54) is 6.92 Å². The quantitative estimate of drug-likeness (QED) is 0.685. The predicted molar refractivity (Wildman–Crippen MR) is 62.2 cm³/mol. The Balaban J connectivity index is 3.42.